The summed E-state index contributed by atoms with van der Waals surface area (Å²) in [5, 5.41) is 5.85. The summed E-state index contributed by atoms with van der Waals surface area (Å²) < 4.78 is 11.0. The predicted molar refractivity (Wildman–Crippen MR) is 114 cm³/mol. The summed E-state index contributed by atoms with van der Waals surface area (Å²) in [6.07, 6.45) is 0.936. The highest BCUT2D eigenvalue weighted by molar-refractivity contribution is 6.30. The van der Waals surface area contributed by atoms with Crippen molar-refractivity contribution in [1.29, 1.82) is 0 Å². The average molecular weight is 426 g/mol. The molecule has 0 unspecified atom stereocenters. The van der Waals surface area contributed by atoms with Crippen LogP contribution in [0.15, 0.2) is 60.8 Å². The molecule has 0 radical (unpaired) electrons. The van der Waals surface area contributed by atoms with E-state index in [1.54, 1.807) is 54.6 Å². The molecule has 3 aromatic rings. The molecule has 2 amide bonds. The van der Waals surface area contributed by atoms with Gasteiger partial charge in [0.25, 0.3) is 5.91 Å². The molecule has 0 saturated carbocycles. The number of amides is 2. The van der Waals surface area contributed by atoms with E-state index in [2.05, 4.69) is 15.6 Å². The van der Waals surface area contributed by atoms with E-state index in [4.69, 9.17) is 21.1 Å². The Hall–Kier alpha value is -3.58. The normalized spacial score (nSPS) is 10.2. The molecule has 2 aromatic carbocycles. The third-order valence-electron chi connectivity index (χ3n) is 4.14. The molecule has 0 aliphatic rings. The molecule has 154 valence electrons. The monoisotopic (exact) mass is 425 g/mol. The Morgan fingerprint density at radius 3 is 2.47 bits per heavy atom. The van der Waals surface area contributed by atoms with E-state index < -0.39 is 6.09 Å². The van der Waals surface area contributed by atoms with Crippen molar-refractivity contribution in [1.82, 2.24) is 10.3 Å². The van der Waals surface area contributed by atoms with Crippen LogP contribution in [0.25, 0.3) is 0 Å². The van der Waals surface area contributed by atoms with Gasteiger partial charge in [0.2, 0.25) is 0 Å². The Labute approximate surface area is 179 Å². The lowest BCUT2D eigenvalue weighted by Crippen LogP contribution is -2.18. The van der Waals surface area contributed by atoms with Crippen molar-refractivity contribution in [2.24, 2.45) is 0 Å². The number of aryl methyl sites for hydroxylation is 1. The number of hydrogen-bond donors (Lipinski definition) is 2. The number of carbonyl (C=O) groups is 2. The first-order valence-corrected chi connectivity index (χ1v) is 9.47. The second-order valence-electron chi connectivity index (χ2n) is 6.36. The molecule has 8 heteroatoms. The molecule has 0 atom stereocenters. The number of nitrogens with one attached hydrogen (secondary N) is 2. The number of aromatic nitrogens is 1. The molecule has 0 aliphatic carbocycles. The Bertz CT molecular complexity index is 1050. The first-order chi connectivity index (χ1) is 14.4. The summed E-state index contributed by atoms with van der Waals surface area (Å²) in [5.74, 6) is 0.737. The first-order valence-electron chi connectivity index (χ1n) is 9.09. The van der Waals surface area contributed by atoms with Crippen LogP contribution in [0.1, 0.15) is 21.6 Å². The molecule has 0 saturated heterocycles. The number of anilines is 1. The van der Waals surface area contributed by atoms with Crippen LogP contribution in [0.3, 0.4) is 0 Å². The van der Waals surface area contributed by atoms with E-state index in [9.17, 15) is 9.59 Å². The molecule has 0 spiro atoms. The van der Waals surface area contributed by atoms with Crippen LogP contribution in [0, 0.1) is 6.92 Å². The topological polar surface area (TPSA) is 89.6 Å². The number of halogens is 1. The fourth-order valence-electron chi connectivity index (χ4n) is 2.58. The van der Waals surface area contributed by atoms with E-state index >= 15 is 0 Å². The van der Waals surface area contributed by atoms with E-state index in [0.29, 0.717) is 22.2 Å². The summed E-state index contributed by atoms with van der Waals surface area (Å²) in [6, 6.07) is 15.5. The lowest BCUT2D eigenvalue weighted by atomic mass is 10.2. The number of benzene rings is 2. The summed E-state index contributed by atoms with van der Waals surface area (Å²) in [7, 11) is 1.53. The maximum Gasteiger partial charge on any atom is 0.411 e. The van der Waals surface area contributed by atoms with Crippen LogP contribution in [0.4, 0.5) is 10.5 Å². The second kappa shape index (κ2) is 9.76. The second-order valence-corrected chi connectivity index (χ2v) is 6.80. The number of carbonyl (C=O) groups excluding carboxylic acids is 2. The van der Waals surface area contributed by atoms with Crippen LogP contribution in [0.2, 0.25) is 5.02 Å². The Morgan fingerprint density at radius 1 is 1.03 bits per heavy atom. The van der Waals surface area contributed by atoms with Crippen molar-refractivity contribution >= 4 is 29.3 Å². The van der Waals surface area contributed by atoms with Gasteiger partial charge >= 0.3 is 6.09 Å². The minimum absolute atomic E-state index is 0.138. The number of rotatable bonds is 6. The number of ether oxygens (including phenoxy) is 2. The van der Waals surface area contributed by atoms with Crippen LogP contribution in [-0.4, -0.2) is 24.0 Å². The van der Waals surface area contributed by atoms with Crippen molar-refractivity contribution in [3.05, 3.63) is 82.6 Å². The van der Waals surface area contributed by atoms with Gasteiger partial charge in [-0.1, -0.05) is 23.7 Å². The highest BCUT2D eigenvalue weighted by atomic mass is 35.5. The van der Waals surface area contributed by atoms with Crippen LogP contribution >= 0.6 is 11.6 Å². The number of hydrogen-bond acceptors (Lipinski definition) is 5. The van der Waals surface area contributed by atoms with E-state index in [1.165, 1.54) is 13.2 Å². The van der Waals surface area contributed by atoms with Gasteiger partial charge in [-0.2, -0.15) is 0 Å². The number of pyridine rings is 1. The third kappa shape index (κ3) is 5.71. The SMILES string of the molecule is CNC(=O)c1cc(Oc2ccc(NC(=O)OCc3ccc(Cl)cc3)c(C)c2)ccn1. The minimum Gasteiger partial charge on any atom is -0.457 e. The fraction of sp³-hybridized carbons (Fsp3) is 0.136. The highest BCUT2D eigenvalue weighted by Crippen LogP contribution is 2.26. The van der Waals surface area contributed by atoms with Gasteiger partial charge in [0, 0.05) is 30.0 Å². The maximum absolute atomic E-state index is 12.1. The van der Waals surface area contributed by atoms with E-state index in [0.717, 1.165) is 11.1 Å². The molecular formula is C22H20ClN3O4. The van der Waals surface area contributed by atoms with Gasteiger partial charge in [0.05, 0.1) is 0 Å². The Morgan fingerprint density at radius 2 is 1.77 bits per heavy atom. The van der Waals surface area contributed by atoms with Crippen molar-refractivity contribution in [2.75, 3.05) is 12.4 Å². The van der Waals surface area contributed by atoms with Gasteiger partial charge in [-0.15, -0.1) is 0 Å². The fourth-order valence-corrected chi connectivity index (χ4v) is 2.70. The molecule has 1 heterocycles. The zero-order chi connectivity index (χ0) is 21.5. The van der Waals surface area contributed by atoms with Crippen molar-refractivity contribution in [2.45, 2.75) is 13.5 Å². The lowest BCUT2D eigenvalue weighted by molar-refractivity contribution is 0.0957. The van der Waals surface area contributed by atoms with Gasteiger partial charge in [0.15, 0.2) is 0 Å². The van der Waals surface area contributed by atoms with Crippen LogP contribution in [-0.2, 0) is 11.3 Å². The van der Waals surface area contributed by atoms with Crippen LogP contribution in [0.5, 0.6) is 11.5 Å². The van der Waals surface area contributed by atoms with E-state index in [1.807, 2.05) is 6.92 Å². The maximum atomic E-state index is 12.1. The van der Waals surface area contributed by atoms with E-state index in [-0.39, 0.29) is 18.2 Å². The molecule has 30 heavy (non-hydrogen) atoms. The molecule has 0 bridgehead atoms. The third-order valence-corrected chi connectivity index (χ3v) is 4.40. The molecule has 0 aliphatic heterocycles. The summed E-state index contributed by atoms with van der Waals surface area (Å²) in [4.78, 5) is 27.8. The molecule has 7 nitrogen and oxygen atoms in total. The van der Waals surface area contributed by atoms with Gasteiger partial charge < -0.3 is 14.8 Å². The lowest BCUT2D eigenvalue weighted by Gasteiger charge is -2.12. The minimum atomic E-state index is -0.564. The summed E-state index contributed by atoms with van der Waals surface area (Å²) in [5.41, 5.74) is 2.48. The zero-order valence-corrected chi connectivity index (χ0v) is 17.2. The van der Waals surface area contributed by atoms with Gasteiger partial charge in [-0.25, -0.2) is 4.79 Å². The van der Waals surface area contributed by atoms with Crippen molar-refractivity contribution < 1.29 is 19.1 Å². The molecular weight excluding hydrogens is 406 g/mol. The largest absolute Gasteiger partial charge is 0.457 e. The van der Waals surface area contributed by atoms with Gasteiger partial charge in [0.1, 0.15) is 23.8 Å². The first kappa shape index (κ1) is 21.1. The van der Waals surface area contributed by atoms with Crippen molar-refractivity contribution in [3.63, 3.8) is 0 Å². The Kier molecular flexibility index (Phi) is 6.87. The predicted octanol–water partition coefficient (Wildman–Crippen LogP) is 4.94. The Balaban J connectivity index is 1.60. The van der Waals surface area contributed by atoms with Crippen molar-refractivity contribution in [3.8, 4) is 11.5 Å². The smallest absolute Gasteiger partial charge is 0.411 e. The highest BCUT2D eigenvalue weighted by Gasteiger charge is 2.10. The van der Waals surface area contributed by atoms with Crippen LogP contribution < -0.4 is 15.4 Å². The zero-order valence-electron chi connectivity index (χ0n) is 16.4. The molecule has 2 N–H and O–H groups in total. The summed E-state index contributed by atoms with van der Waals surface area (Å²) >= 11 is 5.84. The number of nitrogens with zero attached hydrogens (tertiary/aromatic N) is 1. The molecule has 3 rings (SSSR count). The van der Waals surface area contributed by atoms with Gasteiger partial charge in [-0.05, 0) is 54.4 Å². The molecule has 0 fully saturated rings. The summed E-state index contributed by atoms with van der Waals surface area (Å²) in [6.45, 7) is 1.98. The average Bonchev–Trinajstić information content (AvgIpc) is 2.75. The molecule has 1 aromatic heterocycles. The van der Waals surface area contributed by atoms with Gasteiger partial charge in [-0.3, -0.25) is 15.1 Å². The standard InChI is InChI=1S/C22H20ClN3O4/c1-14-11-17(30-18-9-10-25-20(12-18)21(27)24-2)7-8-19(14)26-22(28)29-13-15-3-5-16(23)6-4-15/h3-12H,13H2,1-2H3,(H,24,27)(H,26,28). The quantitative estimate of drug-likeness (QED) is 0.583.